The fourth-order valence-electron chi connectivity index (χ4n) is 2.93. The Labute approximate surface area is 122 Å². The van der Waals surface area contributed by atoms with Gasteiger partial charge in [-0.25, -0.2) is 0 Å². The molecule has 112 valence electrons. The normalized spacial score (nSPS) is 19.4. The Morgan fingerprint density at radius 1 is 1.30 bits per heavy atom. The van der Waals surface area contributed by atoms with Crippen LogP contribution in [0.4, 0.5) is 0 Å². The third-order valence-electron chi connectivity index (χ3n) is 3.99. The summed E-state index contributed by atoms with van der Waals surface area (Å²) in [5.41, 5.74) is 1.01. The average molecular weight is 277 g/mol. The van der Waals surface area contributed by atoms with E-state index in [1.54, 1.807) is 6.07 Å². The Morgan fingerprint density at radius 3 is 2.85 bits per heavy atom. The Hall–Kier alpha value is -1.22. The number of hydrogen-bond donors (Lipinski definition) is 1. The number of phenols is 1. The molecule has 1 fully saturated rings. The van der Waals surface area contributed by atoms with Crippen LogP contribution in [0.2, 0.25) is 0 Å². The monoisotopic (exact) mass is 277 g/mol. The largest absolute Gasteiger partial charge is 0.507 e. The molecular weight excluding hydrogens is 250 g/mol. The van der Waals surface area contributed by atoms with Crippen LogP contribution in [-0.4, -0.2) is 29.7 Å². The molecule has 0 amide bonds. The lowest BCUT2D eigenvalue weighted by Crippen LogP contribution is -2.20. The van der Waals surface area contributed by atoms with Gasteiger partial charge >= 0.3 is 0 Å². The molecule has 0 bridgehead atoms. The van der Waals surface area contributed by atoms with Gasteiger partial charge in [-0.3, -0.25) is 4.90 Å². The van der Waals surface area contributed by atoms with Crippen molar-refractivity contribution in [2.45, 2.75) is 46.1 Å². The first-order chi connectivity index (χ1) is 9.72. The Kier molecular flexibility index (Phi) is 5.72. The van der Waals surface area contributed by atoms with Gasteiger partial charge in [-0.2, -0.15) is 0 Å². The van der Waals surface area contributed by atoms with Crippen LogP contribution in [-0.2, 0) is 6.54 Å². The van der Waals surface area contributed by atoms with Crippen LogP contribution in [0.3, 0.4) is 0 Å². The lowest BCUT2D eigenvalue weighted by molar-refractivity contribution is 0.302. The maximum absolute atomic E-state index is 10.1. The molecule has 0 aromatic heterocycles. The van der Waals surface area contributed by atoms with Crippen molar-refractivity contribution in [2.75, 3.05) is 19.7 Å². The molecule has 1 aromatic rings. The Balaban J connectivity index is 1.90. The number of phenolic OH excluding ortho intramolecular Hbond substituents is 1. The summed E-state index contributed by atoms with van der Waals surface area (Å²) in [7, 11) is 0. The average Bonchev–Trinajstić information content (AvgIpc) is 2.87. The third kappa shape index (κ3) is 4.14. The predicted octanol–water partition coefficient (Wildman–Crippen LogP) is 3.80. The SMILES string of the molecule is CCCOc1ccc(CN2CCC(CCC)C2)c(O)c1. The molecule has 1 heterocycles. The molecule has 0 aliphatic carbocycles. The molecule has 2 rings (SSSR count). The Morgan fingerprint density at radius 2 is 2.15 bits per heavy atom. The van der Waals surface area contributed by atoms with E-state index in [-0.39, 0.29) is 0 Å². The summed E-state index contributed by atoms with van der Waals surface area (Å²) in [6.45, 7) is 8.20. The summed E-state index contributed by atoms with van der Waals surface area (Å²) in [6.07, 6.45) is 4.88. The molecule has 1 unspecified atom stereocenters. The van der Waals surface area contributed by atoms with E-state index in [2.05, 4.69) is 18.7 Å². The molecule has 1 N–H and O–H groups in total. The summed E-state index contributed by atoms with van der Waals surface area (Å²) in [4.78, 5) is 2.45. The first-order valence-corrected chi connectivity index (χ1v) is 7.90. The summed E-state index contributed by atoms with van der Waals surface area (Å²) in [5.74, 6) is 1.96. The van der Waals surface area contributed by atoms with Crippen LogP contribution in [0.15, 0.2) is 18.2 Å². The molecule has 1 aliphatic heterocycles. The zero-order valence-corrected chi connectivity index (χ0v) is 12.8. The summed E-state index contributed by atoms with van der Waals surface area (Å²) >= 11 is 0. The smallest absolute Gasteiger partial charge is 0.123 e. The predicted molar refractivity (Wildman–Crippen MR) is 82.2 cm³/mol. The number of rotatable bonds is 7. The van der Waals surface area contributed by atoms with Crippen LogP contribution >= 0.6 is 0 Å². The molecule has 0 saturated carbocycles. The zero-order chi connectivity index (χ0) is 14.4. The standard InChI is InChI=1S/C17H27NO2/c1-3-5-14-8-9-18(12-14)13-15-6-7-16(11-17(15)19)20-10-4-2/h6-7,11,14,19H,3-5,8-10,12-13H2,1-2H3. The van der Waals surface area contributed by atoms with Crippen molar-refractivity contribution in [3.8, 4) is 11.5 Å². The highest BCUT2D eigenvalue weighted by atomic mass is 16.5. The van der Waals surface area contributed by atoms with Gasteiger partial charge in [0.05, 0.1) is 6.61 Å². The molecular formula is C17H27NO2. The summed E-state index contributed by atoms with van der Waals surface area (Å²) < 4.78 is 5.54. The highest BCUT2D eigenvalue weighted by molar-refractivity contribution is 5.39. The van der Waals surface area contributed by atoms with E-state index in [4.69, 9.17) is 4.74 Å². The van der Waals surface area contributed by atoms with Crippen molar-refractivity contribution < 1.29 is 9.84 Å². The number of likely N-dealkylation sites (tertiary alicyclic amines) is 1. The second-order valence-corrected chi connectivity index (χ2v) is 5.82. The van der Waals surface area contributed by atoms with Gasteiger partial charge in [0.2, 0.25) is 0 Å². The van der Waals surface area contributed by atoms with E-state index in [1.165, 1.54) is 25.8 Å². The number of hydrogen-bond acceptors (Lipinski definition) is 3. The van der Waals surface area contributed by atoms with Gasteiger partial charge in [-0.05, 0) is 37.8 Å². The third-order valence-corrected chi connectivity index (χ3v) is 3.99. The van der Waals surface area contributed by atoms with Crippen molar-refractivity contribution in [3.63, 3.8) is 0 Å². The second kappa shape index (κ2) is 7.53. The lowest BCUT2D eigenvalue weighted by Gasteiger charge is -2.17. The van der Waals surface area contributed by atoms with Gasteiger partial charge in [0, 0.05) is 24.7 Å². The van der Waals surface area contributed by atoms with Gasteiger partial charge in [-0.15, -0.1) is 0 Å². The molecule has 1 aliphatic rings. The topological polar surface area (TPSA) is 32.7 Å². The van der Waals surface area contributed by atoms with Crippen LogP contribution in [0, 0.1) is 5.92 Å². The van der Waals surface area contributed by atoms with Crippen LogP contribution in [0.1, 0.15) is 45.1 Å². The van der Waals surface area contributed by atoms with Gasteiger partial charge in [0.15, 0.2) is 0 Å². The van der Waals surface area contributed by atoms with Gasteiger partial charge in [-0.1, -0.05) is 26.3 Å². The van der Waals surface area contributed by atoms with E-state index in [1.807, 2.05) is 12.1 Å². The number of aromatic hydroxyl groups is 1. The zero-order valence-electron chi connectivity index (χ0n) is 12.8. The number of ether oxygens (including phenoxy) is 1. The highest BCUT2D eigenvalue weighted by Gasteiger charge is 2.22. The Bertz CT molecular complexity index is 419. The van der Waals surface area contributed by atoms with Crippen molar-refractivity contribution in [3.05, 3.63) is 23.8 Å². The minimum absolute atomic E-state index is 0.359. The molecule has 3 heteroatoms. The number of nitrogens with zero attached hydrogens (tertiary/aromatic N) is 1. The fraction of sp³-hybridized carbons (Fsp3) is 0.647. The summed E-state index contributed by atoms with van der Waals surface area (Å²) in [5, 5.41) is 10.1. The minimum atomic E-state index is 0.359. The second-order valence-electron chi connectivity index (χ2n) is 5.82. The maximum Gasteiger partial charge on any atom is 0.123 e. The molecule has 3 nitrogen and oxygen atoms in total. The van der Waals surface area contributed by atoms with E-state index in [0.717, 1.165) is 36.7 Å². The molecule has 1 atom stereocenters. The molecule has 1 saturated heterocycles. The first-order valence-electron chi connectivity index (χ1n) is 7.90. The lowest BCUT2D eigenvalue weighted by atomic mass is 10.0. The first kappa shape index (κ1) is 15.2. The van der Waals surface area contributed by atoms with Crippen molar-refractivity contribution in [2.24, 2.45) is 5.92 Å². The van der Waals surface area contributed by atoms with Crippen molar-refractivity contribution in [1.82, 2.24) is 4.90 Å². The molecule has 0 radical (unpaired) electrons. The molecule has 1 aromatic carbocycles. The van der Waals surface area contributed by atoms with E-state index in [0.29, 0.717) is 12.4 Å². The van der Waals surface area contributed by atoms with E-state index < -0.39 is 0 Å². The van der Waals surface area contributed by atoms with Crippen LogP contribution < -0.4 is 4.74 Å². The van der Waals surface area contributed by atoms with E-state index >= 15 is 0 Å². The van der Waals surface area contributed by atoms with Crippen LogP contribution in [0.25, 0.3) is 0 Å². The van der Waals surface area contributed by atoms with Crippen molar-refractivity contribution >= 4 is 0 Å². The van der Waals surface area contributed by atoms with Gasteiger partial charge in [0.1, 0.15) is 11.5 Å². The van der Waals surface area contributed by atoms with Crippen LogP contribution in [0.5, 0.6) is 11.5 Å². The highest BCUT2D eigenvalue weighted by Crippen LogP contribution is 2.28. The summed E-state index contributed by atoms with van der Waals surface area (Å²) in [6, 6.07) is 5.70. The van der Waals surface area contributed by atoms with Crippen molar-refractivity contribution in [1.29, 1.82) is 0 Å². The van der Waals surface area contributed by atoms with E-state index in [9.17, 15) is 5.11 Å². The molecule has 20 heavy (non-hydrogen) atoms. The van der Waals surface area contributed by atoms with Gasteiger partial charge < -0.3 is 9.84 Å². The molecule has 0 spiro atoms. The maximum atomic E-state index is 10.1. The van der Waals surface area contributed by atoms with Gasteiger partial charge in [0.25, 0.3) is 0 Å². The number of benzene rings is 1. The fourth-order valence-corrected chi connectivity index (χ4v) is 2.93. The quantitative estimate of drug-likeness (QED) is 0.822. The minimum Gasteiger partial charge on any atom is -0.507 e.